The molecule has 1 nitrogen and oxygen atoms in total. The van der Waals surface area contributed by atoms with E-state index in [1.165, 1.54) is 42.8 Å². The van der Waals surface area contributed by atoms with E-state index in [2.05, 4.69) is 13.0 Å². The molecule has 0 spiro atoms. The first kappa shape index (κ1) is 15.4. The van der Waals surface area contributed by atoms with Crippen molar-refractivity contribution < 1.29 is 4.79 Å². The lowest BCUT2D eigenvalue weighted by atomic mass is 9.89. The van der Waals surface area contributed by atoms with Gasteiger partial charge in [0.25, 0.3) is 0 Å². The fourth-order valence-corrected chi connectivity index (χ4v) is 3.94. The summed E-state index contributed by atoms with van der Waals surface area (Å²) in [6.07, 6.45) is 9.13. The molecule has 108 valence electrons. The zero-order valence-corrected chi connectivity index (χ0v) is 13.1. The van der Waals surface area contributed by atoms with E-state index >= 15 is 0 Å². The molecule has 0 aliphatic heterocycles. The molecule has 1 aliphatic carbocycles. The monoisotopic (exact) mass is 288 g/mol. The second-order valence-electron chi connectivity index (χ2n) is 5.43. The highest BCUT2D eigenvalue weighted by atomic mass is 32.2. The molecule has 0 heterocycles. The number of carbonyl (C=O) groups is 1. The van der Waals surface area contributed by atoms with Crippen LogP contribution >= 0.6 is 11.8 Å². The minimum atomic E-state index is 0.291. The average Bonchev–Trinajstić information content (AvgIpc) is 2.50. The van der Waals surface area contributed by atoms with Crippen LogP contribution in [0.4, 0.5) is 0 Å². The Morgan fingerprint density at radius 3 is 2.85 bits per heavy atom. The Hall–Kier alpha value is -1.02. The van der Waals surface area contributed by atoms with Crippen molar-refractivity contribution in [3.63, 3.8) is 0 Å². The van der Waals surface area contributed by atoms with E-state index in [0.29, 0.717) is 18.1 Å². The van der Waals surface area contributed by atoms with Gasteiger partial charge in [-0.15, -0.1) is 11.8 Å². The van der Waals surface area contributed by atoms with Crippen LogP contribution in [0.15, 0.2) is 41.3 Å². The quantitative estimate of drug-likeness (QED) is 0.488. The summed E-state index contributed by atoms with van der Waals surface area (Å²) in [5.74, 6) is 1.94. The van der Waals surface area contributed by atoms with Crippen LogP contribution in [0.2, 0.25) is 0 Å². The summed E-state index contributed by atoms with van der Waals surface area (Å²) in [6.45, 7) is 2.23. The van der Waals surface area contributed by atoms with Crippen molar-refractivity contribution in [2.24, 2.45) is 5.92 Å². The van der Waals surface area contributed by atoms with Crippen LogP contribution in [0, 0.1) is 5.92 Å². The standard InChI is InChI=1S/C18H24OS/c1-2-3-13-20-18-12-8-7-11-16(18)14-17(19)15-9-5-4-6-10-15/h4-6,9-10,12,16H,2-3,7-8,11,13-14H2,1H3. The summed E-state index contributed by atoms with van der Waals surface area (Å²) in [5.41, 5.74) is 0.857. The minimum Gasteiger partial charge on any atom is -0.294 e. The van der Waals surface area contributed by atoms with E-state index in [1.54, 1.807) is 0 Å². The first-order valence-corrected chi connectivity index (χ1v) is 8.71. The molecule has 0 N–H and O–H groups in total. The van der Waals surface area contributed by atoms with Gasteiger partial charge in [-0.05, 0) is 42.3 Å². The van der Waals surface area contributed by atoms with Crippen molar-refractivity contribution in [3.8, 4) is 0 Å². The molecule has 1 unspecified atom stereocenters. The van der Waals surface area contributed by atoms with Crippen LogP contribution in [0.25, 0.3) is 0 Å². The molecule has 0 saturated carbocycles. The van der Waals surface area contributed by atoms with Crippen LogP contribution in [0.5, 0.6) is 0 Å². The zero-order chi connectivity index (χ0) is 14.2. The number of carbonyl (C=O) groups excluding carboxylic acids is 1. The van der Waals surface area contributed by atoms with Crippen LogP contribution in [-0.4, -0.2) is 11.5 Å². The first-order chi connectivity index (χ1) is 9.81. The van der Waals surface area contributed by atoms with E-state index in [9.17, 15) is 4.79 Å². The number of Topliss-reactive ketones (excluding diaryl/α,β-unsaturated/α-hetero) is 1. The van der Waals surface area contributed by atoms with Crippen molar-refractivity contribution in [1.29, 1.82) is 0 Å². The van der Waals surface area contributed by atoms with Crippen LogP contribution < -0.4 is 0 Å². The Labute approximate surface area is 126 Å². The molecule has 1 atom stereocenters. The van der Waals surface area contributed by atoms with Gasteiger partial charge in [0.1, 0.15) is 0 Å². The predicted molar refractivity (Wildman–Crippen MR) is 88.2 cm³/mol. The maximum atomic E-state index is 12.4. The predicted octanol–water partition coefficient (Wildman–Crippen LogP) is 5.48. The number of benzene rings is 1. The lowest BCUT2D eigenvalue weighted by Gasteiger charge is -2.23. The normalized spacial score (nSPS) is 18.6. The van der Waals surface area contributed by atoms with Gasteiger partial charge in [0.15, 0.2) is 5.78 Å². The molecule has 2 heteroatoms. The fourth-order valence-electron chi connectivity index (χ4n) is 2.60. The van der Waals surface area contributed by atoms with Gasteiger partial charge in [-0.25, -0.2) is 0 Å². The molecule has 0 fully saturated rings. The smallest absolute Gasteiger partial charge is 0.163 e. The summed E-state index contributed by atoms with van der Waals surface area (Å²) < 4.78 is 0. The van der Waals surface area contributed by atoms with Crippen molar-refractivity contribution >= 4 is 17.5 Å². The van der Waals surface area contributed by atoms with Crippen LogP contribution in [0.3, 0.4) is 0 Å². The van der Waals surface area contributed by atoms with Gasteiger partial charge >= 0.3 is 0 Å². The number of unbranched alkanes of at least 4 members (excludes halogenated alkanes) is 1. The molecular formula is C18H24OS. The largest absolute Gasteiger partial charge is 0.294 e. The van der Waals surface area contributed by atoms with E-state index in [4.69, 9.17) is 0 Å². The molecule has 0 radical (unpaired) electrons. The molecule has 0 bridgehead atoms. The van der Waals surface area contributed by atoms with Gasteiger partial charge < -0.3 is 0 Å². The third-order valence-corrected chi connectivity index (χ3v) is 5.12. The Balaban J connectivity index is 1.94. The fraction of sp³-hybridized carbons (Fsp3) is 0.500. The summed E-state index contributed by atoms with van der Waals surface area (Å²) >= 11 is 1.98. The van der Waals surface area contributed by atoms with E-state index < -0.39 is 0 Å². The highest BCUT2D eigenvalue weighted by Gasteiger charge is 2.21. The van der Waals surface area contributed by atoms with Gasteiger partial charge in [0, 0.05) is 12.0 Å². The topological polar surface area (TPSA) is 17.1 Å². The van der Waals surface area contributed by atoms with Crippen molar-refractivity contribution in [3.05, 3.63) is 46.9 Å². The third kappa shape index (κ3) is 4.52. The molecule has 1 aromatic rings. The maximum absolute atomic E-state index is 12.4. The SMILES string of the molecule is CCCCSC1=CCCCC1CC(=O)c1ccccc1. The Morgan fingerprint density at radius 2 is 2.10 bits per heavy atom. The summed E-state index contributed by atoms with van der Waals surface area (Å²) in [7, 11) is 0. The second kappa shape index (κ2) is 8.31. The van der Waals surface area contributed by atoms with E-state index in [0.717, 1.165) is 5.56 Å². The number of rotatable bonds is 7. The number of thioether (sulfide) groups is 1. The molecule has 1 aromatic carbocycles. The third-order valence-electron chi connectivity index (χ3n) is 3.80. The summed E-state index contributed by atoms with van der Waals surface area (Å²) in [4.78, 5) is 13.8. The number of hydrogen-bond acceptors (Lipinski definition) is 2. The Bertz CT molecular complexity index is 450. The highest BCUT2D eigenvalue weighted by molar-refractivity contribution is 8.03. The van der Waals surface area contributed by atoms with Crippen LogP contribution in [-0.2, 0) is 0 Å². The van der Waals surface area contributed by atoms with Gasteiger partial charge in [0.05, 0.1) is 0 Å². The van der Waals surface area contributed by atoms with Crippen molar-refractivity contribution in [1.82, 2.24) is 0 Å². The Kier molecular flexibility index (Phi) is 6.38. The molecule has 1 aliphatic rings. The summed E-state index contributed by atoms with van der Waals surface area (Å²) in [6, 6.07) is 9.71. The van der Waals surface area contributed by atoms with Gasteiger partial charge in [0.2, 0.25) is 0 Å². The maximum Gasteiger partial charge on any atom is 0.163 e. The number of hydrogen-bond donors (Lipinski definition) is 0. The number of ketones is 1. The molecule has 2 rings (SSSR count). The lowest BCUT2D eigenvalue weighted by molar-refractivity contribution is 0.0966. The number of allylic oxidation sites excluding steroid dienone is 2. The molecular weight excluding hydrogens is 264 g/mol. The zero-order valence-electron chi connectivity index (χ0n) is 12.3. The average molecular weight is 288 g/mol. The van der Waals surface area contributed by atoms with Crippen molar-refractivity contribution in [2.75, 3.05) is 5.75 Å². The lowest BCUT2D eigenvalue weighted by Crippen LogP contribution is -2.13. The van der Waals surface area contributed by atoms with Crippen LogP contribution in [0.1, 0.15) is 55.8 Å². The first-order valence-electron chi connectivity index (χ1n) is 7.72. The van der Waals surface area contributed by atoms with E-state index in [1.807, 2.05) is 42.1 Å². The molecule has 0 aromatic heterocycles. The molecule has 20 heavy (non-hydrogen) atoms. The van der Waals surface area contributed by atoms with Gasteiger partial charge in [-0.1, -0.05) is 49.8 Å². The highest BCUT2D eigenvalue weighted by Crippen LogP contribution is 2.36. The van der Waals surface area contributed by atoms with E-state index in [-0.39, 0.29) is 0 Å². The second-order valence-corrected chi connectivity index (χ2v) is 6.60. The summed E-state index contributed by atoms with van der Waals surface area (Å²) in [5, 5.41) is 0. The minimum absolute atomic E-state index is 0.291. The Morgan fingerprint density at radius 1 is 1.30 bits per heavy atom. The molecule has 0 amide bonds. The van der Waals surface area contributed by atoms with Crippen molar-refractivity contribution in [2.45, 2.75) is 45.4 Å². The molecule has 0 saturated heterocycles. The van der Waals surface area contributed by atoms with Gasteiger partial charge in [-0.2, -0.15) is 0 Å². The van der Waals surface area contributed by atoms with Gasteiger partial charge in [-0.3, -0.25) is 4.79 Å².